The molecule has 0 bridgehead atoms. The van der Waals surface area contributed by atoms with E-state index in [0.717, 1.165) is 21.5 Å². The van der Waals surface area contributed by atoms with Crippen LogP contribution in [0.3, 0.4) is 0 Å². The van der Waals surface area contributed by atoms with E-state index in [1.54, 1.807) is 30.7 Å². The maximum atomic E-state index is 14.1. The van der Waals surface area contributed by atoms with Crippen molar-refractivity contribution in [2.75, 3.05) is 19.1 Å². The molecule has 6 unspecified atom stereocenters. The van der Waals surface area contributed by atoms with Crippen LogP contribution in [0.4, 0.5) is 4.79 Å². The van der Waals surface area contributed by atoms with Crippen molar-refractivity contribution >= 4 is 58.3 Å². The van der Waals surface area contributed by atoms with Crippen LogP contribution in [-0.4, -0.2) is 115 Å². The molecule has 4 aromatic rings. The molecule has 6 amide bonds. The number of phenols is 1. The van der Waals surface area contributed by atoms with Gasteiger partial charge in [-0.25, -0.2) is 14.4 Å². The lowest BCUT2D eigenvalue weighted by molar-refractivity contribution is -0.140. The number of nitrogens with one attached hydrogen (secondary N) is 7. The number of thioether (sulfide) groups is 1. The Morgan fingerprint density at radius 2 is 1.70 bits per heavy atom. The van der Waals surface area contributed by atoms with Crippen LogP contribution in [0.25, 0.3) is 10.9 Å². The summed E-state index contributed by atoms with van der Waals surface area (Å²) in [4.78, 5) is 111. The Balaban J connectivity index is 1.37. The van der Waals surface area contributed by atoms with Crippen molar-refractivity contribution in [1.29, 1.82) is 0 Å². The highest BCUT2D eigenvalue weighted by Crippen LogP contribution is 2.22. The number of fused-ring (bicyclic) bond motifs is 1. The van der Waals surface area contributed by atoms with Crippen LogP contribution in [0.5, 0.6) is 5.75 Å². The molecule has 21 heteroatoms. The second-order valence-electron chi connectivity index (χ2n) is 14.6. The standard InChI is InChI=1S/C42H49N9O11S/c1-23(50(3)39(57)32(45-24(2)52)19-25-8-7-9-27(53)18-25)36(38(56)44-22-28-12-13-35(62-28)51-16-14-34(54)48-42(51)61)49-37(55)31(15-17-63-4)46-41(60)47-33(40(58)59)20-26-21-43-30-11-6-5-10-29(26)30/h5-14,16,18,21-23,31-33,35-36,43,53H,15,17,19-20H2,1-4H3,(H,44,56)(H,45,52)(H,49,55)(H,58,59)(H2,46,47,60)(H,48,54,61). The highest BCUT2D eigenvalue weighted by atomic mass is 32.2. The van der Waals surface area contributed by atoms with Crippen molar-refractivity contribution in [3.05, 3.63) is 123 Å². The average molecular weight is 888 g/mol. The van der Waals surface area contributed by atoms with Crippen molar-refractivity contribution in [1.82, 2.24) is 46.0 Å². The zero-order chi connectivity index (χ0) is 45.8. The number of aromatic amines is 2. The molecule has 5 rings (SSSR count). The molecule has 2 aromatic carbocycles. The number of carboxylic acid groups (broad SMARTS) is 1. The molecule has 334 valence electrons. The molecule has 6 atom stereocenters. The SMILES string of the molecule is CSCCC(NC(=O)NC(Cc1c[nH]c2ccccc12)C(=O)O)C(=O)NC(C(=O)NC=C1C=CC(n2ccc(=O)[nH]c2=O)O1)C(C)N(C)C(=O)C(Cc1cccc(O)c1)NC(C)=O. The molecule has 2 aromatic heterocycles. The smallest absolute Gasteiger partial charge is 0.331 e. The summed E-state index contributed by atoms with van der Waals surface area (Å²) in [6.07, 6.45) is 7.77. The van der Waals surface area contributed by atoms with Crippen LogP contribution in [0.2, 0.25) is 0 Å². The third kappa shape index (κ3) is 12.6. The predicted molar refractivity (Wildman–Crippen MR) is 232 cm³/mol. The van der Waals surface area contributed by atoms with E-state index < -0.39 is 83.3 Å². The molecule has 20 nitrogen and oxygen atoms in total. The third-order valence-corrected chi connectivity index (χ3v) is 10.8. The first-order valence-electron chi connectivity index (χ1n) is 19.7. The van der Waals surface area contributed by atoms with Crippen molar-refractivity contribution in [3.63, 3.8) is 0 Å². The lowest BCUT2D eigenvalue weighted by atomic mass is 10.0. The average Bonchev–Trinajstić information content (AvgIpc) is 3.89. The van der Waals surface area contributed by atoms with Gasteiger partial charge in [-0.05, 0) is 66.8 Å². The monoisotopic (exact) mass is 887 g/mol. The fourth-order valence-corrected chi connectivity index (χ4v) is 7.23. The highest BCUT2D eigenvalue weighted by molar-refractivity contribution is 7.98. The number of aromatic nitrogens is 3. The Morgan fingerprint density at radius 1 is 0.952 bits per heavy atom. The van der Waals surface area contributed by atoms with E-state index in [-0.39, 0.29) is 30.8 Å². The normalized spacial score (nSPS) is 16.2. The fraction of sp³-hybridized carbons (Fsp3) is 0.333. The molecular weight excluding hydrogens is 839 g/mol. The zero-order valence-corrected chi connectivity index (χ0v) is 35.6. The summed E-state index contributed by atoms with van der Waals surface area (Å²) in [6, 6.07) is 7.08. The number of amides is 6. The van der Waals surface area contributed by atoms with Crippen LogP contribution in [0.15, 0.2) is 101 Å². The Kier molecular flexibility index (Phi) is 15.9. The molecule has 0 saturated heterocycles. The number of phenolic OH excluding ortho intramolecular Hbond substituents is 1. The van der Waals surface area contributed by atoms with Crippen LogP contribution >= 0.6 is 11.8 Å². The van der Waals surface area contributed by atoms with Crippen LogP contribution in [0.1, 0.15) is 37.6 Å². The van der Waals surface area contributed by atoms with Gasteiger partial charge in [-0.1, -0.05) is 30.3 Å². The number of hydrogen-bond acceptors (Lipinski definition) is 11. The first kappa shape index (κ1) is 46.8. The first-order chi connectivity index (χ1) is 30.0. The maximum Gasteiger partial charge on any atom is 0.331 e. The van der Waals surface area contributed by atoms with Gasteiger partial charge in [-0.3, -0.25) is 33.5 Å². The van der Waals surface area contributed by atoms with E-state index in [1.807, 2.05) is 18.2 Å². The number of nitrogens with zero attached hydrogens (tertiary/aromatic N) is 2. The third-order valence-electron chi connectivity index (χ3n) is 10.1. The highest BCUT2D eigenvalue weighted by Gasteiger charge is 2.36. The van der Waals surface area contributed by atoms with Gasteiger partial charge in [0.1, 0.15) is 35.7 Å². The van der Waals surface area contributed by atoms with E-state index in [1.165, 1.54) is 74.2 Å². The molecule has 9 N–H and O–H groups in total. The van der Waals surface area contributed by atoms with E-state index in [2.05, 4.69) is 36.6 Å². The van der Waals surface area contributed by atoms with Crippen LogP contribution in [0, 0.1) is 0 Å². The van der Waals surface area contributed by atoms with Gasteiger partial charge in [-0.15, -0.1) is 0 Å². The summed E-state index contributed by atoms with van der Waals surface area (Å²) in [5.74, 6) is -3.76. The summed E-state index contributed by atoms with van der Waals surface area (Å²) >= 11 is 1.37. The number of para-hydroxylation sites is 1. The number of carbonyl (C=O) groups is 6. The molecule has 63 heavy (non-hydrogen) atoms. The van der Waals surface area contributed by atoms with Crippen LogP contribution in [-0.2, 0) is 41.6 Å². The molecule has 0 saturated carbocycles. The summed E-state index contributed by atoms with van der Waals surface area (Å²) in [5.41, 5.74) is 0.615. The van der Waals surface area contributed by atoms with Gasteiger partial charge in [0, 0.05) is 62.4 Å². The zero-order valence-electron chi connectivity index (χ0n) is 34.7. The quantitative estimate of drug-likeness (QED) is 0.0637. The minimum Gasteiger partial charge on any atom is -0.508 e. The van der Waals surface area contributed by atoms with E-state index >= 15 is 0 Å². The Hall–Kier alpha value is -7.29. The van der Waals surface area contributed by atoms with Crippen molar-refractivity contribution in [2.24, 2.45) is 0 Å². The number of rotatable bonds is 19. The minimum absolute atomic E-state index is 0.0319. The number of urea groups is 1. The summed E-state index contributed by atoms with van der Waals surface area (Å²) < 4.78 is 6.86. The lowest BCUT2D eigenvalue weighted by Crippen LogP contribution is -2.62. The second kappa shape index (κ2) is 21.5. The van der Waals surface area contributed by atoms with Gasteiger partial charge in [0.25, 0.3) is 5.56 Å². The molecule has 1 aliphatic rings. The first-order valence-corrected chi connectivity index (χ1v) is 21.1. The van der Waals surface area contributed by atoms with Gasteiger partial charge in [0.2, 0.25) is 23.6 Å². The number of aliphatic carboxylic acids is 1. The molecule has 0 fully saturated rings. The molecule has 0 radical (unpaired) electrons. The summed E-state index contributed by atoms with van der Waals surface area (Å²) in [7, 11) is 1.38. The largest absolute Gasteiger partial charge is 0.508 e. The van der Waals surface area contributed by atoms with Gasteiger partial charge >= 0.3 is 17.7 Å². The van der Waals surface area contributed by atoms with Crippen molar-refractivity contribution < 1.29 is 43.7 Å². The Morgan fingerprint density at radius 3 is 2.40 bits per heavy atom. The summed E-state index contributed by atoms with van der Waals surface area (Å²) in [6.45, 7) is 2.71. The van der Waals surface area contributed by atoms with Crippen molar-refractivity contribution in [3.8, 4) is 5.75 Å². The molecule has 3 heterocycles. The number of likely N-dealkylation sites (N-methyl/N-ethyl adjacent to an activating group) is 1. The number of aromatic hydroxyl groups is 1. The van der Waals surface area contributed by atoms with Gasteiger partial charge < -0.3 is 51.4 Å². The fourth-order valence-electron chi connectivity index (χ4n) is 6.76. The number of carboxylic acids is 1. The van der Waals surface area contributed by atoms with E-state index in [4.69, 9.17) is 4.74 Å². The topological polar surface area (TPSA) is 286 Å². The van der Waals surface area contributed by atoms with Gasteiger partial charge in [0.05, 0.1) is 6.04 Å². The number of benzene rings is 2. The lowest BCUT2D eigenvalue weighted by Gasteiger charge is -2.34. The van der Waals surface area contributed by atoms with Crippen LogP contribution < -0.4 is 37.8 Å². The van der Waals surface area contributed by atoms with Gasteiger partial charge in [-0.2, -0.15) is 11.8 Å². The molecular formula is C42H49N9O11S. The molecule has 1 aliphatic heterocycles. The summed E-state index contributed by atoms with van der Waals surface area (Å²) in [5, 5.41) is 33.6. The van der Waals surface area contributed by atoms with Gasteiger partial charge in [0.15, 0.2) is 6.23 Å². The van der Waals surface area contributed by atoms with Crippen molar-refractivity contribution in [2.45, 2.75) is 69.5 Å². The molecule has 0 aliphatic carbocycles. The number of carbonyl (C=O) groups excluding carboxylic acids is 5. The maximum absolute atomic E-state index is 14.1. The predicted octanol–water partition coefficient (Wildman–Crippen LogP) is 0.962. The Bertz CT molecular complexity index is 2520. The number of allylic oxidation sites excluding steroid dienone is 1. The number of H-pyrrole nitrogens is 2. The minimum atomic E-state index is -1.53. The number of hydrogen-bond donors (Lipinski definition) is 9. The Labute approximate surface area is 364 Å². The van der Waals surface area contributed by atoms with E-state index in [9.17, 15) is 48.6 Å². The van der Waals surface area contributed by atoms with E-state index in [0.29, 0.717) is 16.9 Å². The second-order valence-corrected chi connectivity index (χ2v) is 15.6. The molecule has 0 spiro atoms. The number of ether oxygens (including phenoxy) is 1.